The van der Waals surface area contributed by atoms with Gasteiger partial charge in [0, 0.05) is 31.9 Å². The van der Waals surface area contributed by atoms with Crippen molar-refractivity contribution in [2.24, 2.45) is 5.73 Å². The third-order valence-electron chi connectivity index (χ3n) is 2.56. The molecule has 4 nitrogen and oxygen atoms in total. The van der Waals surface area contributed by atoms with Crippen LogP contribution in [-0.4, -0.2) is 24.6 Å². The first-order chi connectivity index (χ1) is 11.7. The zero-order valence-electron chi connectivity index (χ0n) is 17.8. The second kappa shape index (κ2) is 6.38. The number of ether oxygens (including phenoxy) is 1. The van der Waals surface area contributed by atoms with E-state index in [1.165, 1.54) is 19.4 Å². The van der Waals surface area contributed by atoms with E-state index in [9.17, 15) is 0 Å². The number of fused-ring (bicyclic) bond motifs is 1. The van der Waals surface area contributed by atoms with Crippen LogP contribution < -0.4 is 15.8 Å². The maximum atomic E-state index is 8.39. The Balaban J connectivity index is 2.54. The van der Waals surface area contributed by atoms with Crippen LogP contribution in [0.2, 0.25) is 0 Å². The molecule has 0 aliphatic carbocycles. The molecule has 102 valence electrons. The fourth-order valence-corrected chi connectivity index (χ4v) is 1.74. The van der Waals surface area contributed by atoms with Crippen molar-refractivity contribution in [1.82, 2.24) is 4.98 Å². The summed E-state index contributed by atoms with van der Waals surface area (Å²) >= 11 is 0. The van der Waals surface area contributed by atoms with Crippen molar-refractivity contribution in [2.75, 3.05) is 18.9 Å². The third kappa shape index (κ3) is 3.35. The van der Waals surface area contributed by atoms with E-state index in [0.717, 1.165) is 6.92 Å². The second-order valence-corrected chi connectivity index (χ2v) is 3.89. The molecule has 0 bridgehead atoms. The highest BCUT2D eigenvalue weighted by atomic mass is 16.5. The molecular formula is C15H21N3O. The Labute approximate surface area is 123 Å². The molecular weight excluding hydrogens is 238 g/mol. The maximum Gasteiger partial charge on any atom is 0.121 e. The van der Waals surface area contributed by atoms with Crippen molar-refractivity contribution < 1.29 is 14.3 Å². The van der Waals surface area contributed by atoms with E-state index >= 15 is 0 Å². The number of hydrogen-bond acceptors (Lipinski definition) is 4. The number of nitrogens with two attached hydrogens (primary N) is 1. The fraction of sp³-hybridized carbons (Fsp3) is 0.400. The molecule has 2 rings (SSSR count). The number of benzene rings is 1. The van der Waals surface area contributed by atoms with E-state index in [1.807, 2.05) is 0 Å². The second-order valence-electron chi connectivity index (χ2n) is 3.89. The van der Waals surface area contributed by atoms with Crippen molar-refractivity contribution >= 4 is 16.6 Å². The molecule has 0 spiro atoms. The van der Waals surface area contributed by atoms with Crippen LogP contribution in [0.25, 0.3) is 10.9 Å². The summed E-state index contributed by atoms with van der Waals surface area (Å²) in [5.41, 5.74) is 5.90. The number of rotatable bonds is 6. The summed E-state index contributed by atoms with van der Waals surface area (Å²) < 4.78 is 60.4. The van der Waals surface area contributed by atoms with Gasteiger partial charge in [-0.25, -0.2) is 0 Å². The molecule has 1 heterocycles. The predicted molar refractivity (Wildman–Crippen MR) is 79.7 cm³/mol. The first kappa shape index (κ1) is 7.10. The maximum absolute atomic E-state index is 8.39. The Morgan fingerprint density at radius 2 is 2.42 bits per heavy atom. The molecule has 2 aromatic rings. The normalized spacial score (nSPS) is 21.7. The highest BCUT2D eigenvalue weighted by Crippen LogP contribution is 2.28. The Bertz CT molecular complexity index is 805. The highest BCUT2D eigenvalue weighted by molar-refractivity contribution is 5.91. The van der Waals surface area contributed by atoms with Gasteiger partial charge in [0.2, 0.25) is 0 Å². The molecule has 1 unspecified atom stereocenters. The lowest BCUT2D eigenvalue weighted by Crippen LogP contribution is -2.17. The zero-order valence-corrected chi connectivity index (χ0v) is 10.8. The largest absolute Gasteiger partial charge is 0.497 e. The molecule has 1 aromatic heterocycles. The first-order valence-corrected chi connectivity index (χ1v) is 5.74. The Hall–Kier alpha value is -1.81. The molecule has 4 heteroatoms. The van der Waals surface area contributed by atoms with Crippen LogP contribution in [0.15, 0.2) is 30.5 Å². The minimum absolute atomic E-state index is 0.259. The molecule has 0 radical (unpaired) electrons. The van der Waals surface area contributed by atoms with E-state index in [4.69, 9.17) is 20.1 Å². The Morgan fingerprint density at radius 1 is 1.58 bits per heavy atom. The summed E-state index contributed by atoms with van der Waals surface area (Å²) in [6.07, 6.45) is -4.61. The fourth-order valence-electron chi connectivity index (χ4n) is 1.74. The molecule has 0 amide bonds. The number of nitrogens with one attached hydrogen (secondary N) is 1. The molecule has 0 aliphatic heterocycles. The third-order valence-corrected chi connectivity index (χ3v) is 2.56. The van der Waals surface area contributed by atoms with Gasteiger partial charge in [0.15, 0.2) is 0 Å². The number of hydrogen-bond donors (Lipinski definition) is 2. The van der Waals surface area contributed by atoms with Crippen molar-refractivity contribution in [2.45, 2.75) is 25.7 Å². The van der Waals surface area contributed by atoms with E-state index < -0.39 is 25.3 Å². The quantitative estimate of drug-likeness (QED) is 0.844. The monoisotopic (exact) mass is 266 g/mol. The van der Waals surface area contributed by atoms with Crippen molar-refractivity contribution in [3.8, 4) is 5.75 Å². The molecule has 1 atom stereocenters. The summed E-state index contributed by atoms with van der Waals surface area (Å²) in [6.45, 7) is -1.87. The minimum Gasteiger partial charge on any atom is -0.497 e. The number of anilines is 1. The molecule has 1 aromatic carbocycles. The van der Waals surface area contributed by atoms with Gasteiger partial charge in [-0.05, 0) is 38.3 Å². The van der Waals surface area contributed by atoms with Crippen LogP contribution >= 0.6 is 0 Å². The number of nitrogens with zero attached hydrogens (tertiary/aromatic N) is 1. The number of pyridine rings is 1. The van der Waals surface area contributed by atoms with E-state index in [0.29, 0.717) is 16.7 Å². The van der Waals surface area contributed by atoms with Crippen LogP contribution in [0.5, 0.6) is 5.75 Å². The Kier molecular flexibility index (Phi) is 2.39. The summed E-state index contributed by atoms with van der Waals surface area (Å²) in [6, 6.07) is 4.45. The molecule has 0 saturated carbocycles. The smallest absolute Gasteiger partial charge is 0.121 e. The lowest BCUT2D eigenvalue weighted by molar-refractivity contribution is 0.415. The van der Waals surface area contributed by atoms with Gasteiger partial charge >= 0.3 is 0 Å². The standard InChI is InChI=1S/C15H21N3O/c1-11(5-3-7-16)18-14-10-13(19-2)9-12-6-4-8-17-15(12)14/h4,6,8-11,18H,3,5,7,16H2,1-2H3/i3D2,5D2,7D2,11D. The van der Waals surface area contributed by atoms with Crippen LogP contribution in [0.1, 0.15) is 29.3 Å². The van der Waals surface area contributed by atoms with Crippen LogP contribution in [0.3, 0.4) is 0 Å². The summed E-state index contributed by atoms with van der Waals surface area (Å²) in [5, 5.41) is 3.32. The molecule has 0 aliphatic rings. The lowest BCUT2D eigenvalue weighted by Gasteiger charge is -2.17. The van der Waals surface area contributed by atoms with E-state index in [2.05, 4.69) is 10.3 Å². The molecule has 0 saturated heterocycles. The minimum atomic E-state index is -3.15. The van der Waals surface area contributed by atoms with Crippen LogP contribution in [0, 0.1) is 0 Å². The van der Waals surface area contributed by atoms with Gasteiger partial charge in [-0.3, -0.25) is 4.98 Å². The van der Waals surface area contributed by atoms with Gasteiger partial charge in [-0.15, -0.1) is 0 Å². The lowest BCUT2D eigenvalue weighted by atomic mass is 10.1. The van der Waals surface area contributed by atoms with Gasteiger partial charge in [-0.1, -0.05) is 6.07 Å². The Morgan fingerprint density at radius 3 is 3.16 bits per heavy atom. The summed E-state index contributed by atoms with van der Waals surface area (Å²) in [7, 11) is 1.46. The van der Waals surface area contributed by atoms with E-state index in [-0.39, 0.29) is 5.69 Å². The SMILES string of the molecule is [2H]C([2H])(N)C([2H])([2H])C([2H])([2H])C([2H])(C)Nc1cc(OC)cc2cccnc12. The van der Waals surface area contributed by atoms with Crippen molar-refractivity contribution in [1.29, 1.82) is 0 Å². The highest BCUT2D eigenvalue weighted by Gasteiger charge is 2.08. The van der Waals surface area contributed by atoms with Gasteiger partial charge < -0.3 is 15.8 Å². The summed E-state index contributed by atoms with van der Waals surface area (Å²) in [5.74, 6) is 0.446. The van der Waals surface area contributed by atoms with Gasteiger partial charge in [0.1, 0.15) is 5.75 Å². The summed E-state index contributed by atoms with van der Waals surface area (Å²) in [4.78, 5) is 4.22. The van der Waals surface area contributed by atoms with Crippen LogP contribution in [0.4, 0.5) is 5.69 Å². The molecule has 0 fully saturated rings. The van der Waals surface area contributed by atoms with Crippen molar-refractivity contribution in [3.63, 3.8) is 0 Å². The molecule has 3 N–H and O–H groups in total. The number of methoxy groups -OCH3 is 1. The van der Waals surface area contributed by atoms with Gasteiger partial charge in [0.05, 0.1) is 19.7 Å². The van der Waals surface area contributed by atoms with Crippen molar-refractivity contribution in [3.05, 3.63) is 30.5 Å². The first-order valence-electron chi connectivity index (χ1n) is 9.24. The predicted octanol–water partition coefficient (Wildman–Crippen LogP) is 2.78. The van der Waals surface area contributed by atoms with Gasteiger partial charge in [0.25, 0.3) is 0 Å². The van der Waals surface area contributed by atoms with E-state index in [1.54, 1.807) is 18.2 Å². The zero-order chi connectivity index (χ0) is 20.0. The van der Waals surface area contributed by atoms with Gasteiger partial charge in [-0.2, -0.15) is 0 Å². The average Bonchev–Trinajstić information content (AvgIpc) is 2.52. The number of aromatic nitrogens is 1. The molecule has 19 heavy (non-hydrogen) atoms. The topological polar surface area (TPSA) is 60.2 Å². The average molecular weight is 266 g/mol. The van der Waals surface area contributed by atoms with Crippen LogP contribution in [-0.2, 0) is 0 Å².